The summed E-state index contributed by atoms with van der Waals surface area (Å²) in [6.07, 6.45) is 0. The van der Waals surface area contributed by atoms with Crippen molar-refractivity contribution in [2.24, 2.45) is 0 Å². The zero-order valence-electron chi connectivity index (χ0n) is 6.54. The Labute approximate surface area is 75.2 Å². The quantitative estimate of drug-likeness (QED) is 0.741. The summed E-state index contributed by atoms with van der Waals surface area (Å²) in [5.41, 5.74) is 0.361. The molecule has 12 heavy (non-hydrogen) atoms. The Morgan fingerprint density at radius 2 is 2.17 bits per heavy atom. The molecule has 0 aliphatic heterocycles. The van der Waals surface area contributed by atoms with Crippen LogP contribution in [0.5, 0.6) is 11.5 Å². The second-order valence-corrected chi connectivity index (χ2v) is 2.71. The molecular weight excluding hydrogens is 180 g/mol. The molecule has 0 unspecified atom stereocenters. The van der Waals surface area contributed by atoms with E-state index in [0.717, 1.165) is 0 Å². The third-order valence-corrected chi connectivity index (χ3v) is 1.73. The number of halogens is 1. The Bertz CT molecular complexity index is 261. The van der Waals surface area contributed by atoms with Gasteiger partial charge in [-0.25, -0.2) is 0 Å². The first-order valence-corrected chi connectivity index (χ1v) is 3.73. The number of benzene rings is 1. The van der Waals surface area contributed by atoms with Gasteiger partial charge in [-0.3, -0.25) is 0 Å². The number of methoxy groups -OCH3 is 1. The topological polar surface area (TPSA) is 49.7 Å². The molecule has 0 aromatic heterocycles. The molecule has 1 rings (SSSR count). The van der Waals surface area contributed by atoms with Gasteiger partial charge >= 0.3 is 0 Å². The second-order valence-electron chi connectivity index (χ2n) is 2.27. The van der Waals surface area contributed by atoms with Crippen LogP contribution >= 0.6 is 11.6 Å². The van der Waals surface area contributed by atoms with Crippen LogP contribution in [0.2, 0.25) is 5.02 Å². The molecule has 0 radical (unpaired) electrons. The molecule has 0 saturated heterocycles. The first kappa shape index (κ1) is 9.16. The van der Waals surface area contributed by atoms with E-state index >= 15 is 0 Å². The first-order chi connectivity index (χ1) is 5.69. The molecule has 2 N–H and O–H groups in total. The summed E-state index contributed by atoms with van der Waals surface area (Å²) in [7, 11) is 1.42. The lowest BCUT2D eigenvalue weighted by atomic mass is 10.2. The highest BCUT2D eigenvalue weighted by molar-refractivity contribution is 6.30. The van der Waals surface area contributed by atoms with Gasteiger partial charge in [-0.05, 0) is 6.07 Å². The van der Waals surface area contributed by atoms with Crippen LogP contribution in [0.4, 0.5) is 0 Å². The van der Waals surface area contributed by atoms with Crippen molar-refractivity contribution in [2.45, 2.75) is 6.61 Å². The number of hydrogen-bond acceptors (Lipinski definition) is 3. The largest absolute Gasteiger partial charge is 0.504 e. The molecule has 0 heterocycles. The van der Waals surface area contributed by atoms with E-state index in [0.29, 0.717) is 10.6 Å². The van der Waals surface area contributed by atoms with E-state index in [4.69, 9.17) is 21.4 Å². The van der Waals surface area contributed by atoms with Gasteiger partial charge in [-0.15, -0.1) is 0 Å². The Hall–Kier alpha value is -0.930. The monoisotopic (exact) mass is 188 g/mol. The number of aliphatic hydroxyl groups is 1. The smallest absolute Gasteiger partial charge is 0.163 e. The number of phenols is 1. The van der Waals surface area contributed by atoms with Gasteiger partial charge in [0, 0.05) is 16.7 Å². The van der Waals surface area contributed by atoms with E-state index in [1.165, 1.54) is 19.2 Å². The van der Waals surface area contributed by atoms with Crippen molar-refractivity contribution in [2.75, 3.05) is 7.11 Å². The van der Waals surface area contributed by atoms with E-state index in [1.807, 2.05) is 0 Å². The van der Waals surface area contributed by atoms with Crippen molar-refractivity contribution >= 4 is 11.6 Å². The maximum absolute atomic E-state index is 9.37. The van der Waals surface area contributed by atoms with Gasteiger partial charge in [-0.2, -0.15) is 0 Å². The van der Waals surface area contributed by atoms with Crippen LogP contribution in [0.15, 0.2) is 12.1 Å². The van der Waals surface area contributed by atoms with Crippen molar-refractivity contribution in [3.05, 3.63) is 22.7 Å². The molecule has 0 saturated carbocycles. The molecule has 1 aromatic carbocycles. The van der Waals surface area contributed by atoms with Crippen molar-refractivity contribution in [3.8, 4) is 11.5 Å². The van der Waals surface area contributed by atoms with Crippen molar-refractivity contribution < 1.29 is 14.9 Å². The van der Waals surface area contributed by atoms with Crippen LogP contribution in [0.25, 0.3) is 0 Å². The summed E-state index contributed by atoms with van der Waals surface area (Å²) in [4.78, 5) is 0. The minimum Gasteiger partial charge on any atom is -0.504 e. The fourth-order valence-corrected chi connectivity index (χ4v) is 1.14. The molecule has 0 bridgehead atoms. The Kier molecular flexibility index (Phi) is 2.78. The van der Waals surface area contributed by atoms with Crippen LogP contribution in [0.3, 0.4) is 0 Å². The predicted octanol–water partition coefficient (Wildman–Crippen LogP) is 1.55. The Balaban J connectivity index is 3.22. The van der Waals surface area contributed by atoms with Gasteiger partial charge in [0.15, 0.2) is 11.5 Å². The van der Waals surface area contributed by atoms with Crippen LogP contribution in [-0.4, -0.2) is 17.3 Å². The SMILES string of the molecule is COc1cc(Cl)cc(CO)c1O. The minimum atomic E-state index is -0.261. The molecular formula is C8H9ClO3. The molecule has 3 nitrogen and oxygen atoms in total. The van der Waals surface area contributed by atoms with Gasteiger partial charge in [0.25, 0.3) is 0 Å². The van der Waals surface area contributed by atoms with Crippen LogP contribution in [0, 0.1) is 0 Å². The molecule has 0 fully saturated rings. The fraction of sp³-hybridized carbons (Fsp3) is 0.250. The summed E-state index contributed by atoms with van der Waals surface area (Å²) >= 11 is 5.68. The van der Waals surface area contributed by atoms with Crippen LogP contribution in [-0.2, 0) is 6.61 Å². The highest BCUT2D eigenvalue weighted by atomic mass is 35.5. The molecule has 0 aliphatic rings. The first-order valence-electron chi connectivity index (χ1n) is 3.35. The van der Waals surface area contributed by atoms with Crippen molar-refractivity contribution in [1.29, 1.82) is 0 Å². The van der Waals surface area contributed by atoms with Gasteiger partial charge < -0.3 is 14.9 Å². The van der Waals surface area contributed by atoms with Crippen LogP contribution < -0.4 is 4.74 Å². The average Bonchev–Trinajstić information content (AvgIpc) is 2.08. The van der Waals surface area contributed by atoms with E-state index < -0.39 is 0 Å². The molecule has 0 aliphatic carbocycles. The molecule has 4 heteroatoms. The lowest BCUT2D eigenvalue weighted by Gasteiger charge is -2.07. The van der Waals surface area contributed by atoms with Crippen LogP contribution in [0.1, 0.15) is 5.56 Å². The molecule has 0 spiro atoms. The fourth-order valence-electron chi connectivity index (χ4n) is 0.904. The highest BCUT2D eigenvalue weighted by Crippen LogP contribution is 2.33. The van der Waals surface area contributed by atoms with Gasteiger partial charge in [0.2, 0.25) is 0 Å². The van der Waals surface area contributed by atoms with Crippen molar-refractivity contribution in [3.63, 3.8) is 0 Å². The minimum absolute atomic E-state index is 0.0654. The Morgan fingerprint density at radius 3 is 2.67 bits per heavy atom. The Morgan fingerprint density at radius 1 is 1.50 bits per heavy atom. The third kappa shape index (κ3) is 1.62. The lowest BCUT2D eigenvalue weighted by molar-refractivity contribution is 0.272. The molecule has 0 atom stereocenters. The van der Waals surface area contributed by atoms with E-state index in [-0.39, 0.29) is 18.1 Å². The van der Waals surface area contributed by atoms with Crippen molar-refractivity contribution in [1.82, 2.24) is 0 Å². The van der Waals surface area contributed by atoms with Gasteiger partial charge in [-0.1, -0.05) is 11.6 Å². The molecule has 0 amide bonds. The number of aromatic hydroxyl groups is 1. The summed E-state index contributed by atoms with van der Waals surface area (Å²) in [6.45, 7) is -0.261. The normalized spacial score (nSPS) is 9.92. The summed E-state index contributed by atoms with van der Waals surface area (Å²) in [6, 6.07) is 2.97. The number of ether oxygens (including phenoxy) is 1. The number of hydrogen-bond donors (Lipinski definition) is 2. The maximum atomic E-state index is 9.37. The number of aliphatic hydroxyl groups excluding tert-OH is 1. The summed E-state index contributed by atoms with van der Waals surface area (Å²) in [5.74, 6) is 0.205. The van der Waals surface area contributed by atoms with E-state index in [2.05, 4.69) is 0 Å². The van der Waals surface area contributed by atoms with Gasteiger partial charge in [0.05, 0.1) is 13.7 Å². The third-order valence-electron chi connectivity index (χ3n) is 1.51. The highest BCUT2D eigenvalue weighted by Gasteiger charge is 2.08. The lowest BCUT2D eigenvalue weighted by Crippen LogP contribution is -1.89. The van der Waals surface area contributed by atoms with Gasteiger partial charge in [0.1, 0.15) is 0 Å². The van der Waals surface area contributed by atoms with E-state index in [9.17, 15) is 5.11 Å². The summed E-state index contributed by atoms with van der Waals surface area (Å²) < 4.78 is 4.82. The molecule has 66 valence electrons. The predicted molar refractivity (Wildman–Crippen MR) is 45.6 cm³/mol. The summed E-state index contributed by atoms with van der Waals surface area (Å²) in [5, 5.41) is 18.6. The average molecular weight is 189 g/mol. The standard InChI is InChI=1S/C8H9ClO3/c1-12-7-3-6(9)2-5(4-10)8(7)11/h2-3,10-11H,4H2,1H3. The molecule has 1 aromatic rings. The zero-order valence-corrected chi connectivity index (χ0v) is 7.30. The zero-order chi connectivity index (χ0) is 9.14. The second kappa shape index (κ2) is 3.65. The van der Waals surface area contributed by atoms with E-state index in [1.54, 1.807) is 0 Å². The number of rotatable bonds is 2. The maximum Gasteiger partial charge on any atom is 0.163 e.